The Kier molecular flexibility index (Phi) is 7.24. The van der Waals surface area contributed by atoms with E-state index in [0.717, 1.165) is 11.1 Å². The summed E-state index contributed by atoms with van der Waals surface area (Å²) in [7, 11) is 1.88. The molecular weight excluding hydrogens is 564 g/mol. The van der Waals surface area contributed by atoms with Crippen LogP contribution in [0, 0.1) is 0 Å². The molecule has 212 valence electrons. The zero-order valence-corrected chi connectivity index (χ0v) is 22.8. The van der Waals surface area contributed by atoms with Gasteiger partial charge >= 0.3 is 0 Å². The lowest BCUT2D eigenvalue weighted by molar-refractivity contribution is -0.920. The second-order valence-electron chi connectivity index (χ2n) is 9.96. The number of benzene rings is 1. The maximum atomic E-state index is 12.9. The van der Waals surface area contributed by atoms with E-state index in [1.54, 1.807) is 5.38 Å². The van der Waals surface area contributed by atoms with Crippen LogP contribution in [0.25, 0.3) is 0 Å². The van der Waals surface area contributed by atoms with Gasteiger partial charge in [0.25, 0.3) is 11.8 Å². The fourth-order valence-corrected chi connectivity index (χ4v) is 7.03. The number of fused-ring (bicyclic) bond motifs is 2. The Hall–Kier alpha value is -4.02. The minimum Gasteiger partial charge on any atom is -0.543 e. The number of phenolic OH excluding ortho intramolecular Hbond substituents is 3. The Bertz CT molecular complexity index is 1460. The number of amides is 2. The van der Waals surface area contributed by atoms with E-state index in [1.807, 2.05) is 7.05 Å². The number of carboxylic acids is 1. The number of quaternary nitrogens is 1. The number of nitrogens with zero attached hydrogens (tertiary/aromatic N) is 4. The second-order valence-corrected chi connectivity index (χ2v) is 12.0. The Labute approximate surface area is 235 Å². The average Bonchev–Trinajstić information content (AvgIpc) is 3.33. The van der Waals surface area contributed by atoms with E-state index in [1.165, 1.54) is 29.2 Å². The largest absolute Gasteiger partial charge is 0.543 e. The number of nitrogens with one attached hydrogen (secondary N) is 1. The van der Waals surface area contributed by atoms with E-state index in [2.05, 4.69) is 15.5 Å². The molecule has 16 heteroatoms. The third-order valence-corrected chi connectivity index (χ3v) is 9.11. The summed E-state index contributed by atoms with van der Waals surface area (Å²) in [5.41, 5.74) is 7.54. The summed E-state index contributed by atoms with van der Waals surface area (Å²) >= 11 is 2.56. The molecule has 6 N–H and O–H groups in total. The third-order valence-electron chi connectivity index (χ3n) is 7.05. The first-order chi connectivity index (χ1) is 19.0. The number of hydrogen-bond acceptors (Lipinski definition) is 13. The number of aromatic nitrogens is 1. The van der Waals surface area contributed by atoms with E-state index in [9.17, 15) is 34.8 Å². The molecule has 14 nitrogen and oxygen atoms in total. The molecule has 0 spiro atoms. The number of anilines is 1. The van der Waals surface area contributed by atoms with Crippen molar-refractivity contribution in [1.29, 1.82) is 0 Å². The normalized spacial score (nSPS) is 23.9. The number of phenols is 3. The maximum Gasteiger partial charge on any atom is 0.266 e. The Balaban J connectivity index is 1.25. The SMILES string of the molecule is C[N+]1(CC2=C(C(=O)[O-])N3C(=O)C(NC(=O)/C=N\OCc4csc(N)n4)[C@H]3SC2)CCc2cc(O)c(O)c(O)c2C1. The monoisotopic (exact) mass is 590 g/mol. The van der Waals surface area contributed by atoms with Crippen LogP contribution in [-0.4, -0.2) is 91.0 Å². The number of carbonyl (C=O) groups is 3. The summed E-state index contributed by atoms with van der Waals surface area (Å²) in [5, 5.41) is 49.9. The lowest BCUT2D eigenvalue weighted by Crippen LogP contribution is -2.71. The molecule has 0 bridgehead atoms. The van der Waals surface area contributed by atoms with Crippen LogP contribution in [0.3, 0.4) is 0 Å². The van der Waals surface area contributed by atoms with E-state index >= 15 is 0 Å². The molecule has 1 aromatic carbocycles. The topological polar surface area (TPSA) is 211 Å². The number of thiazole rings is 1. The van der Waals surface area contributed by atoms with Crippen molar-refractivity contribution in [2.75, 3.05) is 31.6 Å². The van der Waals surface area contributed by atoms with Gasteiger partial charge in [-0.2, -0.15) is 0 Å². The lowest BCUT2D eigenvalue weighted by Gasteiger charge is -2.51. The molecule has 4 heterocycles. The van der Waals surface area contributed by atoms with Gasteiger partial charge in [-0.1, -0.05) is 5.16 Å². The summed E-state index contributed by atoms with van der Waals surface area (Å²) < 4.78 is 0.300. The summed E-state index contributed by atoms with van der Waals surface area (Å²) in [6.07, 6.45) is 1.36. The van der Waals surface area contributed by atoms with Crippen molar-refractivity contribution in [1.82, 2.24) is 15.2 Å². The fraction of sp³-hybridized carbons (Fsp3) is 0.375. The highest BCUT2D eigenvalue weighted by Crippen LogP contribution is 2.44. The van der Waals surface area contributed by atoms with Crippen LogP contribution in [0.4, 0.5) is 5.13 Å². The molecule has 3 aliphatic rings. The molecule has 2 aromatic rings. The van der Waals surface area contributed by atoms with Crippen LogP contribution in [0.15, 0.2) is 27.9 Å². The minimum absolute atomic E-state index is 0.0148. The van der Waals surface area contributed by atoms with E-state index in [-0.39, 0.29) is 31.1 Å². The Morgan fingerprint density at radius 1 is 1.38 bits per heavy atom. The molecule has 40 heavy (non-hydrogen) atoms. The van der Waals surface area contributed by atoms with Gasteiger partial charge in [0, 0.05) is 23.1 Å². The van der Waals surface area contributed by atoms with Gasteiger partial charge in [0.2, 0.25) is 5.75 Å². The zero-order valence-electron chi connectivity index (χ0n) is 21.2. The number of aliphatic carboxylic acids is 1. The molecule has 2 amide bonds. The van der Waals surface area contributed by atoms with Gasteiger partial charge in [-0.05, 0) is 11.6 Å². The van der Waals surface area contributed by atoms with Crippen molar-refractivity contribution in [2.24, 2.45) is 5.16 Å². The Morgan fingerprint density at radius 3 is 2.85 bits per heavy atom. The quantitative estimate of drug-likeness (QED) is 0.0823. The number of nitrogens with two attached hydrogens (primary N) is 1. The molecule has 5 rings (SSSR count). The van der Waals surface area contributed by atoms with E-state index < -0.39 is 46.4 Å². The summed E-state index contributed by atoms with van der Waals surface area (Å²) in [6, 6.07) is 0.472. The first kappa shape index (κ1) is 27.5. The van der Waals surface area contributed by atoms with Crippen LogP contribution >= 0.6 is 23.1 Å². The molecule has 1 aromatic heterocycles. The number of carboxylic acid groups (broad SMARTS) is 1. The summed E-state index contributed by atoms with van der Waals surface area (Å²) in [6.45, 7) is 1.11. The van der Waals surface area contributed by atoms with Gasteiger partial charge in [-0.15, -0.1) is 23.1 Å². The van der Waals surface area contributed by atoms with Crippen molar-refractivity contribution in [3.05, 3.63) is 39.5 Å². The van der Waals surface area contributed by atoms with E-state index in [4.69, 9.17) is 10.6 Å². The van der Waals surface area contributed by atoms with Gasteiger partial charge in [0.15, 0.2) is 23.2 Å². The highest BCUT2D eigenvalue weighted by atomic mass is 32.2. The molecule has 3 aliphatic heterocycles. The van der Waals surface area contributed by atoms with E-state index in [0.29, 0.717) is 45.0 Å². The number of hydrogen-bond donors (Lipinski definition) is 5. The molecule has 3 atom stereocenters. The molecule has 1 fully saturated rings. The fourth-order valence-electron chi connectivity index (χ4n) is 5.14. The standard InChI is InChI=1S/C24H26N6O8S2/c1-30(3-2-11-4-15(31)20(34)19(33)14(11)7-30)6-12-9-39-22-17(21(35)29(22)18(12)23(36)37)28-16(32)5-26-38-8-13-10-40-24(25)27-13/h4-5,10,17,22H,2-3,6-9H2,1H3,(H6-,25,26,27,28,31,32,33,34,36,37)/t17?,22-,30?/m1/s1. The smallest absolute Gasteiger partial charge is 0.266 e. The molecule has 0 radical (unpaired) electrons. The molecule has 0 aliphatic carbocycles. The average molecular weight is 591 g/mol. The van der Waals surface area contributed by atoms with Crippen LogP contribution in [-0.2, 0) is 38.8 Å². The number of carbonyl (C=O) groups excluding carboxylic acids is 3. The number of rotatable bonds is 8. The number of β-lactam (4-membered cyclic amide) rings is 1. The van der Waals surface area contributed by atoms with Crippen LogP contribution in [0.5, 0.6) is 17.2 Å². The maximum absolute atomic E-state index is 12.9. The predicted octanol–water partition coefficient (Wildman–Crippen LogP) is -1.05. The van der Waals surface area contributed by atoms with Crippen molar-refractivity contribution < 1.29 is 44.1 Å². The lowest BCUT2D eigenvalue weighted by atomic mass is 9.95. The number of aromatic hydroxyl groups is 3. The van der Waals surface area contributed by atoms with Crippen molar-refractivity contribution >= 4 is 52.2 Å². The second kappa shape index (κ2) is 10.5. The summed E-state index contributed by atoms with van der Waals surface area (Å²) in [4.78, 5) is 47.6. The molecule has 2 unspecified atom stereocenters. The van der Waals surface area contributed by atoms with Crippen LogP contribution in [0.1, 0.15) is 16.8 Å². The highest BCUT2D eigenvalue weighted by Gasteiger charge is 2.53. The number of thioether (sulfide) groups is 1. The predicted molar refractivity (Wildman–Crippen MR) is 142 cm³/mol. The van der Waals surface area contributed by atoms with Gasteiger partial charge in [-0.25, -0.2) is 4.98 Å². The van der Waals surface area contributed by atoms with Gasteiger partial charge in [-0.3, -0.25) is 14.5 Å². The number of nitrogen functional groups attached to an aromatic ring is 1. The number of oxime groups is 1. The first-order valence-electron chi connectivity index (χ1n) is 12.1. The summed E-state index contributed by atoms with van der Waals surface area (Å²) in [5.74, 6) is -3.87. The molecule has 0 saturated carbocycles. The van der Waals surface area contributed by atoms with Crippen LogP contribution in [0.2, 0.25) is 0 Å². The molecular formula is C24H26N6O8S2. The van der Waals surface area contributed by atoms with Gasteiger partial charge in [0.05, 0.1) is 36.5 Å². The van der Waals surface area contributed by atoms with Crippen LogP contribution < -0.4 is 16.2 Å². The van der Waals surface area contributed by atoms with Gasteiger partial charge in [0.1, 0.15) is 30.7 Å². The first-order valence-corrected chi connectivity index (χ1v) is 14.0. The van der Waals surface area contributed by atoms with Crippen molar-refractivity contribution in [2.45, 2.75) is 31.0 Å². The number of likely N-dealkylation sites (N-methyl/N-ethyl adjacent to an activating group) is 1. The molecule has 1 saturated heterocycles. The minimum atomic E-state index is -1.49. The van der Waals surface area contributed by atoms with Crippen molar-refractivity contribution in [3.8, 4) is 17.2 Å². The Morgan fingerprint density at radius 2 is 2.15 bits per heavy atom. The van der Waals surface area contributed by atoms with Gasteiger partial charge < -0.3 is 45.6 Å². The zero-order chi connectivity index (χ0) is 28.8. The van der Waals surface area contributed by atoms with Crippen molar-refractivity contribution in [3.63, 3.8) is 0 Å². The third kappa shape index (κ3) is 5.12. The highest BCUT2D eigenvalue weighted by molar-refractivity contribution is 8.00.